The van der Waals surface area contributed by atoms with Gasteiger partial charge in [-0.15, -0.1) is 0 Å². The van der Waals surface area contributed by atoms with E-state index in [-0.39, 0.29) is 5.41 Å². The summed E-state index contributed by atoms with van der Waals surface area (Å²) in [5.74, 6) is 0. The highest BCUT2D eigenvalue weighted by molar-refractivity contribution is 6.30. The Balaban J connectivity index is 2.06. The Labute approximate surface area is 148 Å². The Morgan fingerprint density at radius 1 is 0.958 bits per heavy atom. The Morgan fingerprint density at radius 3 is 2.04 bits per heavy atom. The smallest absolute Gasteiger partial charge is 0.0986 e. The van der Waals surface area contributed by atoms with Gasteiger partial charge in [-0.05, 0) is 34.2 Å². The molecule has 0 aliphatic carbocycles. The van der Waals surface area contributed by atoms with E-state index in [1.807, 2.05) is 35.0 Å². The number of hydrogen-bond donors (Lipinski definition) is 0. The summed E-state index contributed by atoms with van der Waals surface area (Å²) in [7, 11) is 0. The topological polar surface area (TPSA) is 17.8 Å². The summed E-state index contributed by atoms with van der Waals surface area (Å²) in [6.45, 7) is 6.68. The fourth-order valence-electron chi connectivity index (χ4n) is 2.59. The van der Waals surface area contributed by atoms with Crippen molar-refractivity contribution in [1.82, 2.24) is 9.55 Å². The lowest BCUT2D eigenvalue weighted by Gasteiger charge is -2.19. The Bertz CT molecular complexity index is 821. The second-order valence-electron chi connectivity index (χ2n) is 6.89. The molecular formula is C21H21ClN2. The number of aromatic nitrogens is 2. The highest BCUT2D eigenvalue weighted by Gasteiger charge is 2.14. The van der Waals surface area contributed by atoms with E-state index in [0.717, 1.165) is 16.2 Å². The van der Waals surface area contributed by atoms with Gasteiger partial charge in [0, 0.05) is 29.2 Å². The van der Waals surface area contributed by atoms with Gasteiger partial charge >= 0.3 is 0 Å². The molecule has 3 aromatic rings. The Hall–Kier alpha value is -2.32. The summed E-state index contributed by atoms with van der Waals surface area (Å²) >= 11 is 6.04. The predicted octanol–water partition coefficient (Wildman–Crippen LogP) is 5.88. The first-order chi connectivity index (χ1) is 11.4. The van der Waals surface area contributed by atoms with Crippen LogP contribution in [0.4, 0.5) is 0 Å². The molecule has 1 aromatic heterocycles. The van der Waals surface area contributed by atoms with Crippen molar-refractivity contribution in [1.29, 1.82) is 0 Å². The van der Waals surface area contributed by atoms with Gasteiger partial charge < -0.3 is 4.57 Å². The number of halogens is 1. The zero-order valence-electron chi connectivity index (χ0n) is 14.2. The van der Waals surface area contributed by atoms with Gasteiger partial charge in [-0.25, -0.2) is 4.98 Å². The van der Waals surface area contributed by atoms with Gasteiger partial charge in [0.15, 0.2) is 0 Å². The standard InChI is InChI=1S/C21H21ClN2/c1-21(2,3)18-8-4-16(5-9-18)20(14-24-13-12-23-15-24)17-6-10-19(22)11-7-17/h4-15H,1-3H3. The van der Waals surface area contributed by atoms with E-state index in [1.165, 1.54) is 11.1 Å². The molecule has 0 radical (unpaired) electrons. The van der Waals surface area contributed by atoms with Crippen molar-refractivity contribution in [3.8, 4) is 0 Å². The van der Waals surface area contributed by atoms with Crippen molar-refractivity contribution in [3.63, 3.8) is 0 Å². The zero-order valence-corrected chi connectivity index (χ0v) is 15.0. The van der Waals surface area contributed by atoms with Crippen molar-refractivity contribution < 1.29 is 0 Å². The molecular weight excluding hydrogens is 316 g/mol. The van der Waals surface area contributed by atoms with Crippen LogP contribution in [-0.4, -0.2) is 9.55 Å². The van der Waals surface area contributed by atoms with Gasteiger partial charge in [-0.2, -0.15) is 0 Å². The molecule has 0 unspecified atom stereocenters. The largest absolute Gasteiger partial charge is 0.312 e. The van der Waals surface area contributed by atoms with Crippen LogP contribution in [0.1, 0.15) is 37.5 Å². The summed E-state index contributed by atoms with van der Waals surface area (Å²) in [4.78, 5) is 4.12. The molecule has 0 saturated heterocycles. The van der Waals surface area contributed by atoms with Crippen LogP contribution in [0.3, 0.4) is 0 Å². The summed E-state index contributed by atoms with van der Waals surface area (Å²) in [6.07, 6.45) is 7.58. The third-order valence-electron chi connectivity index (χ3n) is 4.02. The average Bonchev–Trinajstić information content (AvgIpc) is 3.06. The molecule has 2 aromatic carbocycles. The van der Waals surface area contributed by atoms with E-state index in [9.17, 15) is 0 Å². The molecule has 0 aliphatic rings. The van der Waals surface area contributed by atoms with Gasteiger partial charge in [0.05, 0.1) is 6.33 Å². The fourth-order valence-corrected chi connectivity index (χ4v) is 2.72. The SMILES string of the molecule is CC(C)(C)c1ccc(C(=Cn2ccnc2)c2ccc(Cl)cc2)cc1. The number of imidazole rings is 1. The minimum Gasteiger partial charge on any atom is -0.312 e. The maximum Gasteiger partial charge on any atom is 0.0986 e. The average molecular weight is 337 g/mol. The molecule has 2 nitrogen and oxygen atoms in total. The number of benzene rings is 2. The molecule has 0 aliphatic heterocycles. The first kappa shape index (κ1) is 16.5. The summed E-state index contributed by atoms with van der Waals surface area (Å²) in [5, 5.41) is 0.740. The molecule has 24 heavy (non-hydrogen) atoms. The molecule has 0 spiro atoms. The predicted molar refractivity (Wildman–Crippen MR) is 102 cm³/mol. The van der Waals surface area contributed by atoms with E-state index >= 15 is 0 Å². The van der Waals surface area contributed by atoms with Crippen LogP contribution in [0.5, 0.6) is 0 Å². The Kier molecular flexibility index (Phi) is 4.59. The number of hydrogen-bond acceptors (Lipinski definition) is 1. The molecule has 0 N–H and O–H groups in total. The van der Waals surface area contributed by atoms with Crippen molar-refractivity contribution >= 4 is 23.4 Å². The monoisotopic (exact) mass is 336 g/mol. The molecule has 0 bridgehead atoms. The first-order valence-electron chi connectivity index (χ1n) is 7.99. The number of nitrogens with zero attached hydrogens (tertiary/aromatic N) is 2. The van der Waals surface area contributed by atoms with Gasteiger partial charge in [-0.3, -0.25) is 0 Å². The van der Waals surface area contributed by atoms with E-state index in [2.05, 4.69) is 56.2 Å². The lowest BCUT2D eigenvalue weighted by atomic mass is 9.86. The van der Waals surface area contributed by atoms with Crippen molar-refractivity contribution in [3.05, 3.63) is 89.0 Å². The van der Waals surface area contributed by atoms with Gasteiger partial charge in [0.2, 0.25) is 0 Å². The van der Waals surface area contributed by atoms with Crippen molar-refractivity contribution in [2.24, 2.45) is 0 Å². The fraction of sp³-hybridized carbons (Fsp3) is 0.190. The van der Waals surface area contributed by atoms with Crippen LogP contribution in [0, 0.1) is 0 Å². The normalized spacial score (nSPS) is 12.4. The van der Waals surface area contributed by atoms with Crippen LogP contribution in [-0.2, 0) is 5.41 Å². The summed E-state index contributed by atoms with van der Waals surface area (Å²) < 4.78 is 1.96. The second-order valence-corrected chi connectivity index (χ2v) is 7.32. The van der Waals surface area contributed by atoms with Crippen LogP contribution in [0.15, 0.2) is 67.3 Å². The zero-order chi connectivity index (χ0) is 17.2. The van der Waals surface area contributed by atoms with E-state index in [4.69, 9.17) is 11.6 Å². The maximum atomic E-state index is 6.04. The third kappa shape index (κ3) is 3.77. The van der Waals surface area contributed by atoms with Gasteiger partial charge in [0.1, 0.15) is 0 Å². The molecule has 3 rings (SSSR count). The summed E-state index contributed by atoms with van der Waals surface area (Å²) in [6, 6.07) is 16.7. The van der Waals surface area contributed by atoms with Crippen molar-refractivity contribution in [2.75, 3.05) is 0 Å². The van der Waals surface area contributed by atoms with Crippen LogP contribution in [0.2, 0.25) is 5.02 Å². The lowest BCUT2D eigenvalue weighted by molar-refractivity contribution is 0.590. The highest BCUT2D eigenvalue weighted by atomic mass is 35.5. The second kappa shape index (κ2) is 6.66. The molecule has 0 fully saturated rings. The minimum absolute atomic E-state index is 0.146. The van der Waals surface area contributed by atoms with E-state index in [0.29, 0.717) is 0 Å². The first-order valence-corrected chi connectivity index (χ1v) is 8.37. The molecule has 122 valence electrons. The molecule has 0 atom stereocenters. The molecule has 0 saturated carbocycles. The quantitative estimate of drug-likeness (QED) is 0.584. The van der Waals surface area contributed by atoms with E-state index < -0.39 is 0 Å². The maximum absolute atomic E-state index is 6.04. The minimum atomic E-state index is 0.146. The molecule has 0 amide bonds. The highest BCUT2D eigenvalue weighted by Crippen LogP contribution is 2.28. The summed E-state index contributed by atoms with van der Waals surface area (Å²) in [5.41, 5.74) is 4.89. The van der Waals surface area contributed by atoms with Gasteiger partial charge in [0.25, 0.3) is 0 Å². The molecule has 3 heteroatoms. The molecule has 1 heterocycles. The Morgan fingerprint density at radius 2 is 1.54 bits per heavy atom. The van der Waals surface area contributed by atoms with Gasteiger partial charge in [-0.1, -0.05) is 68.8 Å². The van der Waals surface area contributed by atoms with Crippen LogP contribution >= 0.6 is 11.6 Å². The van der Waals surface area contributed by atoms with Crippen LogP contribution < -0.4 is 0 Å². The van der Waals surface area contributed by atoms with Crippen molar-refractivity contribution in [2.45, 2.75) is 26.2 Å². The lowest BCUT2D eigenvalue weighted by Crippen LogP contribution is -2.10. The third-order valence-corrected chi connectivity index (χ3v) is 4.27. The van der Waals surface area contributed by atoms with Crippen LogP contribution in [0.25, 0.3) is 11.8 Å². The van der Waals surface area contributed by atoms with E-state index in [1.54, 1.807) is 12.5 Å². The number of rotatable bonds is 3.